The number of aromatic nitrogens is 3. The van der Waals surface area contributed by atoms with E-state index in [-0.39, 0.29) is 33.3 Å². The number of fused-ring (bicyclic) bond motifs is 5. The van der Waals surface area contributed by atoms with Gasteiger partial charge in [0.1, 0.15) is 22.5 Å². The zero-order valence-corrected chi connectivity index (χ0v) is 17.9. The molecule has 0 unspecified atom stereocenters. The summed E-state index contributed by atoms with van der Waals surface area (Å²) in [7, 11) is 1.41. The molecule has 1 aliphatic rings. The van der Waals surface area contributed by atoms with Gasteiger partial charge in [-0.25, -0.2) is 9.78 Å². The molecule has 164 valence electrons. The summed E-state index contributed by atoms with van der Waals surface area (Å²) in [6, 6.07) is 2.16. The van der Waals surface area contributed by atoms with Crippen molar-refractivity contribution in [2.24, 2.45) is 12.5 Å². The number of carboxylic acids is 1. The first-order valence-electron chi connectivity index (χ1n) is 9.47. The van der Waals surface area contributed by atoms with Crippen LogP contribution in [-0.4, -0.2) is 25.0 Å². The highest BCUT2D eigenvalue weighted by molar-refractivity contribution is 6.30. The summed E-state index contributed by atoms with van der Waals surface area (Å²) in [6.07, 6.45) is -2.99. The summed E-state index contributed by atoms with van der Waals surface area (Å²) in [5, 5.41) is 9.38. The quantitative estimate of drug-likeness (QED) is 0.576. The van der Waals surface area contributed by atoms with Crippen molar-refractivity contribution in [3.63, 3.8) is 0 Å². The predicted molar refractivity (Wildman–Crippen MR) is 109 cm³/mol. The first-order valence-corrected chi connectivity index (χ1v) is 9.85. The number of carboxylic acid groups (broad SMARTS) is 1. The SMILES string of the molecule is Cn1c2c(cc(C(=O)O)c1=O)[C@H](C(C)(C)C)Cc1c-2nc2c(C(F)(F)F)cc(Cl)cn12. The van der Waals surface area contributed by atoms with Crippen LogP contribution in [0.15, 0.2) is 23.1 Å². The number of nitrogens with zero attached hydrogens (tertiary/aromatic N) is 3. The Balaban J connectivity index is 2.17. The summed E-state index contributed by atoms with van der Waals surface area (Å²) in [6.45, 7) is 5.86. The van der Waals surface area contributed by atoms with Crippen molar-refractivity contribution in [1.82, 2.24) is 14.0 Å². The Morgan fingerprint density at radius 3 is 2.45 bits per heavy atom. The molecule has 0 saturated carbocycles. The van der Waals surface area contributed by atoms with Crippen LogP contribution >= 0.6 is 11.6 Å². The second kappa shape index (κ2) is 6.59. The van der Waals surface area contributed by atoms with Crippen LogP contribution in [0.1, 0.15) is 53.9 Å². The molecule has 0 radical (unpaired) electrons. The minimum Gasteiger partial charge on any atom is -0.477 e. The Kier molecular flexibility index (Phi) is 4.56. The molecule has 0 spiro atoms. The van der Waals surface area contributed by atoms with E-state index in [1.165, 1.54) is 23.7 Å². The number of pyridine rings is 2. The van der Waals surface area contributed by atoms with Gasteiger partial charge in [-0.3, -0.25) is 4.79 Å². The van der Waals surface area contributed by atoms with E-state index in [0.29, 0.717) is 23.4 Å². The second-order valence-corrected chi connectivity index (χ2v) is 9.26. The van der Waals surface area contributed by atoms with E-state index >= 15 is 0 Å². The lowest BCUT2D eigenvalue weighted by atomic mass is 9.70. The molecular weight excluding hydrogens is 435 g/mol. The van der Waals surface area contributed by atoms with Crippen molar-refractivity contribution < 1.29 is 23.1 Å². The lowest BCUT2D eigenvalue weighted by Gasteiger charge is -2.36. The summed E-state index contributed by atoms with van der Waals surface area (Å²) < 4.78 is 43.5. The van der Waals surface area contributed by atoms with Gasteiger partial charge >= 0.3 is 12.1 Å². The Labute approximate surface area is 179 Å². The Morgan fingerprint density at radius 2 is 1.90 bits per heavy atom. The summed E-state index contributed by atoms with van der Waals surface area (Å²) in [5.41, 5.74) is -1.19. The lowest BCUT2D eigenvalue weighted by molar-refractivity contribution is -0.136. The minimum absolute atomic E-state index is 0.0896. The number of halogens is 4. The molecule has 1 atom stereocenters. The first-order chi connectivity index (χ1) is 14.2. The number of imidazole rings is 1. The van der Waals surface area contributed by atoms with Crippen LogP contribution in [0.4, 0.5) is 13.2 Å². The number of aromatic carboxylic acids is 1. The molecule has 3 heterocycles. The highest BCUT2D eigenvalue weighted by Gasteiger charge is 2.40. The fourth-order valence-corrected chi connectivity index (χ4v) is 4.51. The fourth-order valence-electron chi connectivity index (χ4n) is 4.30. The van der Waals surface area contributed by atoms with Gasteiger partial charge in [0.15, 0.2) is 0 Å². The van der Waals surface area contributed by atoms with Crippen LogP contribution in [0, 0.1) is 5.41 Å². The molecule has 6 nitrogen and oxygen atoms in total. The van der Waals surface area contributed by atoms with Crippen LogP contribution in [0.5, 0.6) is 0 Å². The largest absolute Gasteiger partial charge is 0.477 e. The molecule has 10 heteroatoms. The van der Waals surface area contributed by atoms with Crippen molar-refractivity contribution in [3.05, 3.63) is 56.1 Å². The van der Waals surface area contributed by atoms with E-state index in [4.69, 9.17) is 11.6 Å². The number of rotatable bonds is 1. The molecule has 0 aromatic carbocycles. The third-order valence-electron chi connectivity index (χ3n) is 5.81. The van der Waals surface area contributed by atoms with E-state index in [9.17, 15) is 27.9 Å². The van der Waals surface area contributed by atoms with Gasteiger partial charge in [-0.15, -0.1) is 0 Å². The van der Waals surface area contributed by atoms with Crippen LogP contribution in [0.3, 0.4) is 0 Å². The van der Waals surface area contributed by atoms with Crippen molar-refractivity contribution in [1.29, 1.82) is 0 Å². The average molecular weight is 454 g/mol. The highest BCUT2D eigenvalue weighted by atomic mass is 35.5. The maximum atomic E-state index is 13.7. The Hall–Kier alpha value is -2.81. The first kappa shape index (κ1) is 21.4. The molecule has 0 saturated heterocycles. The molecule has 0 fully saturated rings. The monoisotopic (exact) mass is 453 g/mol. The van der Waals surface area contributed by atoms with Crippen molar-refractivity contribution in [2.45, 2.75) is 39.3 Å². The molecule has 0 bridgehead atoms. The van der Waals surface area contributed by atoms with E-state index in [2.05, 4.69) is 4.98 Å². The maximum Gasteiger partial charge on any atom is 0.420 e. The number of hydrogen-bond donors (Lipinski definition) is 1. The third-order valence-corrected chi connectivity index (χ3v) is 6.01. The van der Waals surface area contributed by atoms with Gasteiger partial charge < -0.3 is 14.1 Å². The molecule has 1 N–H and O–H groups in total. The topological polar surface area (TPSA) is 76.6 Å². The van der Waals surface area contributed by atoms with Gasteiger partial charge in [-0.2, -0.15) is 13.2 Å². The molecule has 1 aliphatic carbocycles. The minimum atomic E-state index is -4.68. The number of alkyl halides is 3. The zero-order chi connectivity index (χ0) is 23.0. The standard InChI is InChI=1S/C21H19ClF3N3O3/c1-20(2,3)12-7-14-15(16-10(12)6-11(19(30)31)18(29)27(16)4)26-17-13(21(23,24)25)5-9(22)8-28(14)17/h5-6,8,12H,7H2,1-4H3,(H,30,31)/t12-/m1/s1. The molecule has 4 rings (SSSR count). The molecule has 0 amide bonds. The van der Waals surface area contributed by atoms with E-state index in [1.54, 1.807) is 0 Å². The van der Waals surface area contributed by atoms with Crippen LogP contribution < -0.4 is 5.56 Å². The van der Waals surface area contributed by atoms with Gasteiger partial charge in [0, 0.05) is 13.2 Å². The average Bonchev–Trinajstić information content (AvgIpc) is 2.99. The van der Waals surface area contributed by atoms with E-state index in [1.807, 2.05) is 20.8 Å². The highest BCUT2D eigenvalue weighted by Crippen LogP contribution is 2.48. The summed E-state index contributed by atoms with van der Waals surface area (Å²) in [5.74, 6) is -1.63. The maximum absolute atomic E-state index is 13.7. The van der Waals surface area contributed by atoms with Crippen molar-refractivity contribution >= 4 is 23.2 Å². The van der Waals surface area contributed by atoms with Gasteiger partial charge in [-0.1, -0.05) is 32.4 Å². The zero-order valence-electron chi connectivity index (χ0n) is 17.1. The van der Waals surface area contributed by atoms with Gasteiger partial charge in [-0.05, 0) is 35.4 Å². The number of carbonyl (C=O) groups is 1. The smallest absolute Gasteiger partial charge is 0.420 e. The predicted octanol–water partition coefficient (Wildman–Crippen LogP) is 4.76. The lowest BCUT2D eigenvalue weighted by Crippen LogP contribution is -2.32. The summed E-state index contributed by atoms with van der Waals surface area (Å²) >= 11 is 6.00. The van der Waals surface area contributed by atoms with Gasteiger partial charge in [0.05, 0.1) is 16.4 Å². The van der Waals surface area contributed by atoms with E-state index < -0.39 is 23.3 Å². The van der Waals surface area contributed by atoms with Crippen molar-refractivity contribution in [3.8, 4) is 11.4 Å². The molecule has 3 aromatic rings. The molecule has 31 heavy (non-hydrogen) atoms. The van der Waals surface area contributed by atoms with Crippen LogP contribution in [-0.2, 0) is 19.6 Å². The van der Waals surface area contributed by atoms with Gasteiger partial charge in [0.25, 0.3) is 5.56 Å². The van der Waals surface area contributed by atoms with Crippen molar-refractivity contribution in [2.75, 3.05) is 0 Å². The fraction of sp³-hybridized carbons (Fsp3) is 0.381. The second-order valence-electron chi connectivity index (χ2n) is 8.82. The number of hydrogen-bond acceptors (Lipinski definition) is 3. The van der Waals surface area contributed by atoms with Gasteiger partial charge in [0.2, 0.25) is 0 Å². The van der Waals surface area contributed by atoms with Crippen LogP contribution in [0.2, 0.25) is 5.02 Å². The van der Waals surface area contributed by atoms with E-state index in [0.717, 1.165) is 10.6 Å². The summed E-state index contributed by atoms with van der Waals surface area (Å²) in [4.78, 5) is 28.6. The molecule has 3 aromatic heterocycles. The molecular formula is C21H19ClF3N3O3. The Morgan fingerprint density at radius 1 is 1.26 bits per heavy atom. The van der Waals surface area contributed by atoms with Crippen LogP contribution in [0.25, 0.3) is 17.0 Å². The molecule has 0 aliphatic heterocycles. The third kappa shape index (κ3) is 3.22. The normalized spacial score (nSPS) is 16.3. The Bertz CT molecular complexity index is 1320.